The van der Waals surface area contributed by atoms with E-state index in [9.17, 15) is 4.79 Å². The van der Waals surface area contributed by atoms with Crippen LogP contribution in [0.3, 0.4) is 0 Å². The molecule has 2 rings (SSSR count). The number of anilines is 1. The largest absolute Gasteiger partial charge is 0.395 e. The summed E-state index contributed by atoms with van der Waals surface area (Å²) in [4.78, 5) is 10.8. The van der Waals surface area contributed by atoms with Crippen molar-refractivity contribution in [2.24, 2.45) is 5.73 Å². The van der Waals surface area contributed by atoms with Crippen LogP contribution in [0.4, 0.5) is 5.69 Å². The number of nitrogens with one attached hydrogen (secondary N) is 1. The first kappa shape index (κ1) is 10.7. The molecule has 0 unspecified atom stereocenters. The van der Waals surface area contributed by atoms with Crippen LogP contribution in [0.1, 0.15) is 5.56 Å². The highest BCUT2D eigenvalue weighted by Gasteiger charge is 2.15. The molecule has 4 nitrogen and oxygen atoms in total. The van der Waals surface area contributed by atoms with E-state index in [4.69, 9.17) is 10.8 Å². The van der Waals surface area contributed by atoms with Crippen LogP contribution in [0.15, 0.2) is 24.3 Å². The lowest BCUT2D eigenvalue weighted by Gasteiger charge is -1.93. The third-order valence-electron chi connectivity index (χ3n) is 1.77. The van der Waals surface area contributed by atoms with Crippen molar-refractivity contribution < 1.29 is 9.90 Å². The molecule has 0 fully saturated rings. The van der Waals surface area contributed by atoms with Crippen molar-refractivity contribution in [3.05, 3.63) is 29.8 Å². The third-order valence-corrected chi connectivity index (χ3v) is 1.77. The van der Waals surface area contributed by atoms with Gasteiger partial charge in [0.1, 0.15) is 0 Å². The van der Waals surface area contributed by atoms with E-state index < -0.39 is 0 Å². The van der Waals surface area contributed by atoms with E-state index in [0.717, 1.165) is 11.3 Å². The summed E-state index contributed by atoms with van der Waals surface area (Å²) in [6, 6.07) is 7.75. The zero-order chi connectivity index (χ0) is 10.4. The average molecular weight is 194 g/mol. The molecule has 0 saturated carbocycles. The zero-order valence-electron chi connectivity index (χ0n) is 7.86. The summed E-state index contributed by atoms with van der Waals surface area (Å²) in [7, 11) is 0. The highest BCUT2D eigenvalue weighted by atomic mass is 16.3. The minimum Gasteiger partial charge on any atom is -0.395 e. The smallest absolute Gasteiger partial charge is 0.228 e. The standard InChI is InChI=1S/C8H7NO.C2H7NO/c10-8-5-6-3-1-2-4-7(6)9-8;3-1-2-4/h1-4H,5H2,(H,9,10);4H,1-3H2. The van der Waals surface area contributed by atoms with Crippen LogP contribution in [0.25, 0.3) is 0 Å². The van der Waals surface area contributed by atoms with Crippen molar-refractivity contribution in [1.29, 1.82) is 0 Å². The fourth-order valence-corrected chi connectivity index (χ4v) is 1.16. The van der Waals surface area contributed by atoms with Gasteiger partial charge in [-0.25, -0.2) is 0 Å². The summed E-state index contributed by atoms with van der Waals surface area (Å²) in [6.45, 7) is 0.472. The molecule has 76 valence electrons. The van der Waals surface area contributed by atoms with Gasteiger partial charge in [0.25, 0.3) is 0 Å². The van der Waals surface area contributed by atoms with Crippen LogP contribution >= 0.6 is 0 Å². The minimum atomic E-state index is 0.0972. The van der Waals surface area contributed by atoms with Gasteiger partial charge in [0.15, 0.2) is 0 Å². The molecule has 4 heteroatoms. The van der Waals surface area contributed by atoms with E-state index in [0.29, 0.717) is 13.0 Å². The third kappa shape index (κ3) is 2.83. The summed E-state index contributed by atoms with van der Waals surface area (Å²) in [6.07, 6.45) is 0.538. The highest BCUT2D eigenvalue weighted by molar-refractivity contribution is 5.98. The molecule has 0 bridgehead atoms. The molecule has 1 aromatic rings. The minimum absolute atomic E-state index is 0.0972. The maximum Gasteiger partial charge on any atom is 0.228 e. The van der Waals surface area contributed by atoms with Crippen LogP contribution in [-0.2, 0) is 11.2 Å². The molecular weight excluding hydrogens is 180 g/mol. The SMILES string of the molecule is NCCO.O=C1Cc2ccccc2N1. The number of hydrogen-bond donors (Lipinski definition) is 3. The van der Waals surface area contributed by atoms with E-state index in [1.54, 1.807) is 0 Å². The number of benzene rings is 1. The number of para-hydroxylation sites is 1. The second kappa shape index (κ2) is 5.36. The van der Waals surface area contributed by atoms with Gasteiger partial charge in [-0.05, 0) is 11.6 Å². The van der Waals surface area contributed by atoms with Gasteiger partial charge in [0, 0.05) is 12.2 Å². The van der Waals surface area contributed by atoms with E-state index in [1.807, 2.05) is 24.3 Å². The summed E-state index contributed by atoms with van der Waals surface area (Å²) in [5, 5.41) is 10.5. The van der Waals surface area contributed by atoms with Crippen molar-refractivity contribution in [2.75, 3.05) is 18.5 Å². The van der Waals surface area contributed by atoms with Crippen molar-refractivity contribution in [1.82, 2.24) is 0 Å². The lowest BCUT2D eigenvalue weighted by Crippen LogP contribution is -2.03. The summed E-state index contributed by atoms with van der Waals surface area (Å²) in [5.41, 5.74) is 6.85. The lowest BCUT2D eigenvalue weighted by molar-refractivity contribution is -0.115. The van der Waals surface area contributed by atoms with Gasteiger partial charge in [-0.2, -0.15) is 0 Å². The molecule has 1 heterocycles. The molecular formula is C10H14N2O2. The number of aliphatic hydroxyl groups is 1. The Morgan fingerprint density at radius 3 is 2.64 bits per heavy atom. The van der Waals surface area contributed by atoms with Gasteiger partial charge in [-0.1, -0.05) is 18.2 Å². The number of carbonyl (C=O) groups is 1. The number of rotatable bonds is 1. The number of carbonyl (C=O) groups excluding carboxylic acids is 1. The Labute approximate surface area is 82.7 Å². The predicted octanol–water partition coefficient (Wildman–Crippen LogP) is 0.119. The van der Waals surface area contributed by atoms with Crippen LogP contribution in [0.5, 0.6) is 0 Å². The summed E-state index contributed by atoms with van der Waals surface area (Å²) in [5.74, 6) is 0.0983. The van der Waals surface area contributed by atoms with Gasteiger partial charge >= 0.3 is 0 Å². The number of amides is 1. The monoisotopic (exact) mass is 194 g/mol. The number of nitrogens with two attached hydrogens (primary N) is 1. The molecule has 0 aromatic heterocycles. The Balaban J connectivity index is 0.000000213. The molecule has 0 aliphatic carbocycles. The molecule has 1 aromatic carbocycles. The number of hydrogen-bond acceptors (Lipinski definition) is 3. The molecule has 1 aliphatic rings. The van der Waals surface area contributed by atoms with E-state index in [1.165, 1.54) is 0 Å². The molecule has 14 heavy (non-hydrogen) atoms. The van der Waals surface area contributed by atoms with E-state index >= 15 is 0 Å². The number of fused-ring (bicyclic) bond motifs is 1. The molecule has 4 N–H and O–H groups in total. The average Bonchev–Trinajstić information content (AvgIpc) is 2.58. The predicted molar refractivity (Wildman–Crippen MR) is 54.9 cm³/mol. The van der Waals surface area contributed by atoms with Crippen LogP contribution in [0.2, 0.25) is 0 Å². The zero-order valence-corrected chi connectivity index (χ0v) is 7.86. The molecule has 0 spiro atoms. The van der Waals surface area contributed by atoms with E-state index in [2.05, 4.69) is 5.32 Å². The molecule has 0 radical (unpaired) electrons. The van der Waals surface area contributed by atoms with Crippen LogP contribution in [-0.4, -0.2) is 24.2 Å². The molecule has 1 amide bonds. The topological polar surface area (TPSA) is 75.3 Å². The first-order chi connectivity index (χ1) is 6.77. The summed E-state index contributed by atoms with van der Waals surface area (Å²) < 4.78 is 0. The van der Waals surface area contributed by atoms with Gasteiger partial charge in [-0.3, -0.25) is 4.79 Å². The first-order valence-electron chi connectivity index (χ1n) is 4.46. The van der Waals surface area contributed by atoms with Gasteiger partial charge < -0.3 is 16.2 Å². The Morgan fingerprint density at radius 1 is 1.43 bits per heavy atom. The molecule has 0 saturated heterocycles. The van der Waals surface area contributed by atoms with Crippen molar-refractivity contribution in [3.8, 4) is 0 Å². The van der Waals surface area contributed by atoms with Crippen LogP contribution in [0, 0.1) is 0 Å². The normalized spacial score (nSPS) is 12.6. The van der Waals surface area contributed by atoms with Gasteiger partial charge in [-0.15, -0.1) is 0 Å². The Bertz CT molecular complexity index is 284. The van der Waals surface area contributed by atoms with Crippen molar-refractivity contribution in [2.45, 2.75) is 6.42 Å². The Hall–Kier alpha value is -1.39. The molecule has 1 aliphatic heterocycles. The quantitative estimate of drug-likeness (QED) is 0.594. The Morgan fingerprint density at radius 2 is 2.07 bits per heavy atom. The fourth-order valence-electron chi connectivity index (χ4n) is 1.16. The molecule has 0 atom stereocenters. The second-order valence-electron chi connectivity index (χ2n) is 2.89. The van der Waals surface area contributed by atoms with Crippen molar-refractivity contribution in [3.63, 3.8) is 0 Å². The van der Waals surface area contributed by atoms with E-state index in [-0.39, 0.29) is 12.5 Å². The maximum absolute atomic E-state index is 10.8. The van der Waals surface area contributed by atoms with Crippen LogP contribution < -0.4 is 11.1 Å². The Kier molecular flexibility index (Phi) is 4.10. The van der Waals surface area contributed by atoms with Gasteiger partial charge in [0.2, 0.25) is 5.91 Å². The van der Waals surface area contributed by atoms with Crippen molar-refractivity contribution >= 4 is 11.6 Å². The fraction of sp³-hybridized carbons (Fsp3) is 0.300. The summed E-state index contributed by atoms with van der Waals surface area (Å²) >= 11 is 0. The first-order valence-corrected chi connectivity index (χ1v) is 4.46. The lowest BCUT2D eigenvalue weighted by atomic mass is 10.2. The number of aliphatic hydroxyl groups excluding tert-OH is 1. The second-order valence-corrected chi connectivity index (χ2v) is 2.89. The highest BCUT2D eigenvalue weighted by Crippen LogP contribution is 2.20. The van der Waals surface area contributed by atoms with Gasteiger partial charge in [0.05, 0.1) is 13.0 Å². The maximum atomic E-state index is 10.8.